The molecule has 1 unspecified atom stereocenters. The van der Waals surface area contributed by atoms with Crippen molar-refractivity contribution in [1.29, 1.82) is 0 Å². The van der Waals surface area contributed by atoms with Gasteiger partial charge < -0.3 is 0 Å². The van der Waals surface area contributed by atoms with Gasteiger partial charge in [0.15, 0.2) is 0 Å². The molecule has 80 valence electrons. The Kier molecular flexibility index (Phi) is 6.03. The van der Waals surface area contributed by atoms with Gasteiger partial charge in [-0.25, -0.2) is 0 Å². The molecule has 0 saturated carbocycles. The molecule has 0 spiro atoms. The fourth-order valence-corrected chi connectivity index (χ4v) is 2.69. The molecular formula is C6H14Ga2O6. The zero-order valence-electron chi connectivity index (χ0n) is 8.03. The van der Waals surface area contributed by atoms with Gasteiger partial charge in [-0.2, -0.15) is 0 Å². The maximum atomic E-state index is 10.2. The zero-order valence-corrected chi connectivity index (χ0v) is 16.4. The van der Waals surface area contributed by atoms with Crippen LogP contribution >= 0.6 is 0 Å². The van der Waals surface area contributed by atoms with Gasteiger partial charge in [0.1, 0.15) is 0 Å². The predicted molar refractivity (Wildman–Crippen MR) is 52.1 cm³/mol. The Balaban J connectivity index is 4.64. The number of hydrogen-bond acceptors (Lipinski definition) is 6. The molecule has 0 aliphatic carbocycles. The third-order valence-corrected chi connectivity index (χ3v) is 6.06. The summed E-state index contributed by atoms with van der Waals surface area (Å²) in [5.41, 5.74) is 0. The van der Waals surface area contributed by atoms with Crippen LogP contribution in [0.2, 0.25) is 0 Å². The predicted octanol–water partition coefficient (Wildman–Crippen LogP) is -5.46. The summed E-state index contributed by atoms with van der Waals surface area (Å²) < 4.78 is -3.04. The molecule has 0 aromatic rings. The summed E-state index contributed by atoms with van der Waals surface area (Å²) in [5, 5.41) is 46.4. The second-order valence-electron chi connectivity index (χ2n) is 3.48. The molecule has 0 saturated heterocycles. The van der Waals surface area contributed by atoms with Gasteiger partial charge in [0, 0.05) is 0 Å². The monoisotopic (exact) mass is 320 g/mol. The van der Waals surface area contributed by atoms with Crippen LogP contribution in [-0.2, 0) is 4.79 Å². The van der Waals surface area contributed by atoms with Gasteiger partial charge >= 0.3 is 101 Å². The molecule has 0 aliphatic heterocycles. The van der Waals surface area contributed by atoms with Crippen molar-refractivity contribution in [3.63, 3.8) is 0 Å². The molecule has 0 aromatic carbocycles. The van der Waals surface area contributed by atoms with Crippen molar-refractivity contribution < 1.29 is 30.3 Å². The molecule has 14 heavy (non-hydrogen) atoms. The van der Waals surface area contributed by atoms with Crippen LogP contribution in [-0.4, -0.2) is 96.1 Å². The standard InChI is InChI=1S/C6H10O6.2Ga.4H/c7-1-3(9)5(11)6(12)4(10)2-8;;;;;;/h1-5,7,9-12H;;;;;;/t3-,4+,5-;;;;;;/m1....../s1. The molecule has 5 atom stereocenters. The van der Waals surface area contributed by atoms with Gasteiger partial charge in [-0.15, -0.1) is 0 Å². The van der Waals surface area contributed by atoms with Crippen molar-refractivity contribution in [2.75, 3.05) is 0 Å². The van der Waals surface area contributed by atoms with Gasteiger partial charge in [-0.3, -0.25) is 0 Å². The van der Waals surface area contributed by atoms with Gasteiger partial charge in [-0.05, 0) is 0 Å². The van der Waals surface area contributed by atoms with E-state index in [0.29, 0.717) is 0 Å². The van der Waals surface area contributed by atoms with Gasteiger partial charge in [0.2, 0.25) is 0 Å². The maximum absolute atomic E-state index is 10.2. The summed E-state index contributed by atoms with van der Waals surface area (Å²) >= 11 is -0.634. The van der Waals surface area contributed by atoms with Crippen LogP contribution in [0.5, 0.6) is 0 Å². The van der Waals surface area contributed by atoms with Crippen molar-refractivity contribution >= 4 is 43.5 Å². The third kappa shape index (κ3) is 3.40. The topological polar surface area (TPSA) is 118 Å². The van der Waals surface area contributed by atoms with Crippen LogP contribution in [0.1, 0.15) is 0 Å². The molecule has 0 fully saturated rings. The number of aliphatic hydroxyl groups is 5. The molecule has 0 amide bonds. The Hall–Kier alpha value is 0.743. The number of aliphatic hydroxyl groups excluding tert-OH is 4. The first kappa shape index (κ1) is 14.7. The Morgan fingerprint density at radius 3 is 1.93 bits per heavy atom. The van der Waals surface area contributed by atoms with E-state index in [1.807, 2.05) is 0 Å². The van der Waals surface area contributed by atoms with Crippen LogP contribution < -0.4 is 0 Å². The number of carbonyl (C=O) groups excluding carboxylic acids is 1. The minimum absolute atomic E-state index is 0.102. The van der Waals surface area contributed by atoms with E-state index in [9.17, 15) is 20.1 Å². The van der Waals surface area contributed by atoms with Crippen molar-refractivity contribution in [3.05, 3.63) is 0 Å². The summed E-state index contributed by atoms with van der Waals surface area (Å²) in [7, 11) is 0. The van der Waals surface area contributed by atoms with Crippen LogP contribution in [0.15, 0.2) is 0 Å². The average Bonchev–Trinajstić information content (AvgIpc) is 2.13. The number of rotatable bonds is 5. The zero-order chi connectivity index (χ0) is 11.5. The second kappa shape index (κ2) is 5.73. The molecule has 0 rings (SSSR count). The van der Waals surface area contributed by atoms with E-state index in [1.165, 1.54) is 0 Å². The molecule has 0 aromatic heterocycles. The molecule has 6 nitrogen and oxygen atoms in total. The van der Waals surface area contributed by atoms with E-state index < -0.39 is 45.7 Å². The Morgan fingerprint density at radius 1 is 1.21 bits per heavy atom. The molecule has 8 heteroatoms. The van der Waals surface area contributed by atoms with Crippen LogP contribution in [0.3, 0.4) is 0 Å². The van der Waals surface area contributed by atoms with Gasteiger partial charge in [0.05, 0.1) is 0 Å². The molecule has 0 radical (unpaired) electrons. The fourth-order valence-electron chi connectivity index (χ4n) is 0.922. The summed E-state index contributed by atoms with van der Waals surface area (Å²) in [4.78, 5) is 10.2. The van der Waals surface area contributed by atoms with Gasteiger partial charge in [-0.1, -0.05) is 0 Å². The fraction of sp³-hybridized carbons (Fsp3) is 0.833. The van der Waals surface area contributed by atoms with Gasteiger partial charge in [0.25, 0.3) is 0 Å². The van der Waals surface area contributed by atoms with E-state index in [2.05, 4.69) is 0 Å². The molecular weight excluding hydrogens is 308 g/mol. The first-order valence-electron chi connectivity index (χ1n) is 4.15. The summed E-state index contributed by atoms with van der Waals surface area (Å²) in [6.07, 6.45) is -4.82. The Morgan fingerprint density at radius 2 is 1.64 bits per heavy atom. The van der Waals surface area contributed by atoms with Crippen molar-refractivity contribution in [2.45, 2.75) is 27.1 Å². The minimum atomic E-state index is -1.98. The number of hydrogen-bond donors (Lipinski definition) is 5. The SMILES string of the molecule is O=C[C@H](O)[C@](O)([GaH2])[C@H](O)[C@H](O)[CH](O)[GaH2]. The quantitative estimate of drug-likeness (QED) is 0.255. The van der Waals surface area contributed by atoms with E-state index >= 15 is 0 Å². The van der Waals surface area contributed by atoms with Crippen molar-refractivity contribution in [2.24, 2.45) is 0 Å². The van der Waals surface area contributed by atoms with E-state index in [1.54, 1.807) is 0 Å². The third-order valence-electron chi connectivity index (χ3n) is 2.14. The Labute approximate surface area is 101 Å². The molecule has 0 bridgehead atoms. The van der Waals surface area contributed by atoms with Crippen molar-refractivity contribution in [1.82, 2.24) is 0 Å². The van der Waals surface area contributed by atoms with Crippen LogP contribution in [0, 0.1) is 0 Å². The molecule has 0 heterocycles. The van der Waals surface area contributed by atoms with E-state index in [4.69, 9.17) is 10.2 Å². The molecule has 0 aliphatic rings. The normalized spacial score (nSPS) is 24.4. The van der Waals surface area contributed by atoms with E-state index in [0.717, 1.165) is 0 Å². The second-order valence-corrected chi connectivity index (χ2v) is 9.33. The van der Waals surface area contributed by atoms with Crippen LogP contribution in [0.4, 0.5) is 0 Å². The number of carbonyl (C=O) groups is 1. The Bertz CT molecular complexity index is 197. The van der Waals surface area contributed by atoms with Crippen LogP contribution in [0.25, 0.3) is 0 Å². The molecule has 5 N–H and O–H groups in total. The summed E-state index contributed by atoms with van der Waals surface area (Å²) in [6.45, 7) is 0. The number of aldehydes is 1. The summed E-state index contributed by atoms with van der Waals surface area (Å²) in [6, 6.07) is 0. The first-order chi connectivity index (χ1) is 6.25. The average molecular weight is 322 g/mol. The summed E-state index contributed by atoms with van der Waals surface area (Å²) in [5.74, 6) is 0. The van der Waals surface area contributed by atoms with Crippen molar-refractivity contribution in [3.8, 4) is 0 Å². The van der Waals surface area contributed by atoms with E-state index in [-0.39, 0.29) is 24.9 Å². The first-order valence-corrected chi connectivity index (χ1v) is 8.67.